The molecule has 4 aromatic rings. The van der Waals surface area contributed by atoms with E-state index >= 15 is 17.6 Å². The normalized spacial score (nSPS) is 18.0. The van der Waals surface area contributed by atoms with Crippen LogP contribution in [0.15, 0.2) is 18.2 Å². The van der Waals surface area contributed by atoms with Crippen LogP contribution in [0, 0.1) is 18.6 Å². The van der Waals surface area contributed by atoms with Gasteiger partial charge in [-0.25, -0.2) is 28.1 Å². The fourth-order valence-electron chi connectivity index (χ4n) is 6.33. The Labute approximate surface area is 279 Å². The summed E-state index contributed by atoms with van der Waals surface area (Å²) in [6.07, 6.45) is -5.17. The molecule has 49 heavy (non-hydrogen) atoms. The summed E-state index contributed by atoms with van der Waals surface area (Å²) in [6.45, 7) is 9.40. The first-order valence-electron chi connectivity index (χ1n) is 16.0. The molecule has 2 aliphatic rings. The molecule has 1 amide bonds. The van der Waals surface area contributed by atoms with Crippen LogP contribution in [-0.4, -0.2) is 91.8 Å². The number of amides is 1. The van der Waals surface area contributed by atoms with Crippen molar-refractivity contribution < 1.29 is 36.2 Å². The maximum absolute atomic E-state index is 16.8. The molecule has 1 N–H and O–H groups in total. The lowest BCUT2D eigenvalue weighted by Crippen LogP contribution is -2.44. The second-order valence-electron chi connectivity index (χ2n) is 13.2. The number of ether oxygens (including phenoxy) is 2. The van der Waals surface area contributed by atoms with Crippen molar-refractivity contribution in [1.82, 2.24) is 34.2 Å². The van der Waals surface area contributed by atoms with Crippen molar-refractivity contribution in [1.29, 1.82) is 0 Å². The van der Waals surface area contributed by atoms with Gasteiger partial charge in [-0.1, -0.05) is 0 Å². The van der Waals surface area contributed by atoms with Crippen LogP contribution >= 0.6 is 0 Å². The third kappa shape index (κ3) is 6.59. The molecule has 0 radical (unpaired) electrons. The molecule has 2 saturated heterocycles. The summed E-state index contributed by atoms with van der Waals surface area (Å²) in [6, 6.07) is 2.74. The van der Waals surface area contributed by atoms with Crippen molar-refractivity contribution in [2.24, 2.45) is 0 Å². The summed E-state index contributed by atoms with van der Waals surface area (Å²) in [5.41, 5.74) is -2.49. The Hall–Kier alpha value is -4.54. The number of anilines is 2. The van der Waals surface area contributed by atoms with Crippen LogP contribution < -0.4 is 10.2 Å². The quantitative estimate of drug-likeness (QED) is 0.247. The van der Waals surface area contributed by atoms with Gasteiger partial charge < -0.3 is 24.6 Å². The van der Waals surface area contributed by atoms with Crippen molar-refractivity contribution in [3.8, 4) is 17.2 Å². The molecule has 12 nitrogen and oxygen atoms in total. The number of piperidine rings is 1. The van der Waals surface area contributed by atoms with Gasteiger partial charge in [0, 0.05) is 32.7 Å². The molecule has 1 aromatic carbocycles. The maximum atomic E-state index is 16.8. The molecule has 0 saturated carbocycles. The number of hydrogen-bond donors (Lipinski definition) is 1. The van der Waals surface area contributed by atoms with E-state index < -0.39 is 52.5 Å². The molecule has 264 valence electrons. The number of morpholine rings is 1. The average Bonchev–Trinajstić information content (AvgIpc) is 3.58. The number of alkyl halides is 3. The first kappa shape index (κ1) is 34.3. The highest BCUT2D eigenvalue weighted by molar-refractivity contribution is 5.81. The van der Waals surface area contributed by atoms with E-state index in [4.69, 9.17) is 9.47 Å². The number of benzene rings is 1. The smallest absolute Gasteiger partial charge is 0.433 e. The number of halogens is 5. The van der Waals surface area contributed by atoms with Crippen LogP contribution in [0.1, 0.15) is 58.0 Å². The zero-order valence-electron chi connectivity index (χ0n) is 28.0. The number of aromatic nitrogens is 6. The van der Waals surface area contributed by atoms with E-state index in [2.05, 4.69) is 25.4 Å². The van der Waals surface area contributed by atoms with E-state index in [1.807, 2.05) is 0 Å². The number of likely N-dealkylation sites (tertiary alicyclic amines) is 1. The van der Waals surface area contributed by atoms with Gasteiger partial charge in [0.1, 0.15) is 17.1 Å². The number of nitrogens with one attached hydrogen (secondary N) is 1. The highest BCUT2D eigenvalue weighted by atomic mass is 19.4. The molecule has 5 heterocycles. The maximum Gasteiger partial charge on any atom is 0.433 e. The van der Waals surface area contributed by atoms with Crippen molar-refractivity contribution >= 4 is 28.9 Å². The monoisotopic (exact) mass is 691 g/mol. The van der Waals surface area contributed by atoms with Gasteiger partial charge in [0.2, 0.25) is 11.9 Å². The highest BCUT2D eigenvalue weighted by Gasteiger charge is 2.44. The highest BCUT2D eigenvalue weighted by Crippen LogP contribution is 2.43. The summed E-state index contributed by atoms with van der Waals surface area (Å²) < 4.78 is 89.6. The summed E-state index contributed by atoms with van der Waals surface area (Å²) in [5.74, 6) is -1.81. The summed E-state index contributed by atoms with van der Waals surface area (Å²) in [4.78, 5) is 29.1. The second kappa shape index (κ2) is 12.7. The lowest BCUT2D eigenvalue weighted by molar-refractivity contribution is -0.144. The van der Waals surface area contributed by atoms with Crippen LogP contribution in [0.3, 0.4) is 0 Å². The van der Waals surface area contributed by atoms with Crippen molar-refractivity contribution in [2.45, 2.75) is 71.3 Å². The number of imidazole rings is 1. The lowest BCUT2D eigenvalue weighted by atomic mass is 10.0. The number of carbonyl (C=O) groups excluding carboxylic acids is 1. The standard InChI is InChI=1S/C32H38F5N9O3/c1-17-16-48-14-13-44(17)27-24(34)25(40-29(41-27)45-22-8-7-19(33)15-21(22)39-28(45)38-6)23-18(2)42-46(26(23)32(35,36)37)20-9-11-43(12-10-20)30(47)49-31(3,4)5/h7-8,15,17,20H,9-14,16H2,1-6H3,(H,38,39)/t17-/m1/s1. The van der Waals surface area contributed by atoms with Crippen LogP contribution in [0.25, 0.3) is 28.2 Å². The zero-order valence-corrected chi connectivity index (χ0v) is 28.0. The molecular formula is C32H38F5N9O3. The minimum Gasteiger partial charge on any atom is -0.444 e. The van der Waals surface area contributed by atoms with Gasteiger partial charge in [-0.05, 0) is 59.6 Å². The Balaban J connectivity index is 1.51. The Bertz CT molecular complexity index is 1880. The Morgan fingerprint density at radius 2 is 1.78 bits per heavy atom. The van der Waals surface area contributed by atoms with Gasteiger partial charge >= 0.3 is 12.3 Å². The minimum atomic E-state index is -4.96. The molecule has 0 spiro atoms. The number of carbonyl (C=O) groups is 1. The summed E-state index contributed by atoms with van der Waals surface area (Å²) in [7, 11) is 1.56. The molecule has 3 aromatic heterocycles. The molecule has 6 rings (SSSR count). The Kier molecular flexibility index (Phi) is 8.92. The van der Waals surface area contributed by atoms with E-state index in [0.29, 0.717) is 5.52 Å². The van der Waals surface area contributed by atoms with E-state index in [0.717, 1.165) is 4.68 Å². The third-order valence-corrected chi connectivity index (χ3v) is 8.55. The van der Waals surface area contributed by atoms with E-state index in [-0.39, 0.29) is 80.7 Å². The molecule has 1 atom stereocenters. The molecule has 2 aliphatic heterocycles. The predicted octanol–water partition coefficient (Wildman–Crippen LogP) is 6.12. The number of fused-ring (bicyclic) bond motifs is 1. The van der Waals surface area contributed by atoms with E-state index in [1.165, 1.54) is 34.6 Å². The van der Waals surface area contributed by atoms with Gasteiger partial charge in [-0.3, -0.25) is 4.68 Å². The molecule has 0 bridgehead atoms. The lowest BCUT2D eigenvalue weighted by Gasteiger charge is -2.35. The average molecular weight is 692 g/mol. The summed E-state index contributed by atoms with van der Waals surface area (Å²) >= 11 is 0. The molecular weight excluding hydrogens is 653 g/mol. The fraction of sp³-hybridized carbons (Fsp3) is 0.531. The van der Waals surface area contributed by atoms with Gasteiger partial charge in [-0.15, -0.1) is 0 Å². The first-order valence-corrected chi connectivity index (χ1v) is 16.0. The molecule has 2 fully saturated rings. The van der Waals surface area contributed by atoms with Gasteiger partial charge in [0.05, 0.1) is 47.6 Å². The molecule has 17 heteroatoms. The Morgan fingerprint density at radius 3 is 2.41 bits per heavy atom. The summed E-state index contributed by atoms with van der Waals surface area (Å²) in [5, 5.41) is 7.21. The zero-order chi connectivity index (χ0) is 35.4. The molecule has 0 aliphatic carbocycles. The fourth-order valence-corrected chi connectivity index (χ4v) is 6.33. The van der Waals surface area contributed by atoms with E-state index in [9.17, 15) is 9.18 Å². The van der Waals surface area contributed by atoms with Crippen LogP contribution in [0.5, 0.6) is 0 Å². The van der Waals surface area contributed by atoms with Gasteiger partial charge in [-0.2, -0.15) is 23.3 Å². The van der Waals surface area contributed by atoms with Crippen molar-refractivity contribution in [3.63, 3.8) is 0 Å². The second-order valence-corrected chi connectivity index (χ2v) is 13.2. The number of rotatable bonds is 5. The number of hydrogen-bond acceptors (Lipinski definition) is 9. The van der Waals surface area contributed by atoms with Crippen molar-refractivity contribution in [2.75, 3.05) is 50.1 Å². The van der Waals surface area contributed by atoms with Crippen LogP contribution in [0.4, 0.5) is 38.5 Å². The first-order chi connectivity index (χ1) is 23.1. The largest absolute Gasteiger partial charge is 0.444 e. The Morgan fingerprint density at radius 1 is 1.06 bits per heavy atom. The van der Waals surface area contributed by atoms with Gasteiger partial charge in [0.25, 0.3) is 0 Å². The van der Waals surface area contributed by atoms with E-state index in [1.54, 1.807) is 39.6 Å². The van der Waals surface area contributed by atoms with Gasteiger partial charge in [0.15, 0.2) is 17.3 Å². The minimum absolute atomic E-state index is 0.0853. The molecule has 0 unspecified atom stereocenters. The topological polar surface area (TPSA) is 115 Å². The van der Waals surface area contributed by atoms with Crippen LogP contribution in [0.2, 0.25) is 0 Å². The van der Waals surface area contributed by atoms with Crippen LogP contribution in [-0.2, 0) is 15.7 Å². The SMILES string of the molecule is CNc1nc2cc(F)ccc2n1-c1nc(-c2c(C)nn(C3CCN(C(=O)OC(C)(C)C)CC3)c2C(F)(F)F)c(F)c(N2CCOC[C@H]2C)n1. The number of aryl methyl sites for hydroxylation is 1. The predicted molar refractivity (Wildman–Crippen MR) is 171 cm³/mol. The number of nitrogens with zero attached hydrogens (tertiary/aromatic N) is 8. The third-order valence-electron chi connectivity index (χ3n) is 8.55. The van der Waals surface area contributed by atoms with Crippen molar-refractivity contribution in [3.05, 3.63) is 41.2 Å².